The van der Waals surface area contributed by atoms with Gasteiger partial charge in [-0.05, 0) is 35.9 Å². The largest absolute Gasteiger partial charge is 0.393 e. The van der Waals surface area contributed by atoms with E-state index >= 15 is 0 Å². The van der Waals surface area contributed by atoms with Gasteiger partial charge in [-0.2, -0.15) is 27.0 Å². The van der Waals surface area contributed by atoms with E-state index < -0.39 is 8.07 Å². The lowest BCUT2D eigenvalue weighted by atomic mass is 9.99. The van der Waals surface area contributed by atoms with Crippen LogP contribution in [0.3, 0.4) is 0 Å². The van der Waals surface area contributed by atoms with E-state index in [1.54, 1.807) is 0 Å². The Hall–Kier alpha value is 0.877. The summed E-state index contributed by atoms with van der Waals surface area (Å²) in [4.78, 5) is 0. The highest BCUT2D eigenvalue weighted by Gasteiger charge is 2.45. The van der Waals surface area contributed by atoms with E-state index in [-0.39, 0.29) is 33.1 Å². The van der Waals surface area contributed by atoms with Crippen LogP contribution in [0.1, 0.15) is 89.9 Å². The number of hydrogen-bond acceptors (Lipinski definition) is 1. The van der Waals surface area contributed by atoms with Crippen LogP contribution in [0.25, 0.3) is 0 Å². The summed E-state index contributed by atoms with van der Waals surface area (Å²) in [5.41, 5.74) is 2.06. The van der Waals surface area contributed by atoms with E-state index in [1.165, 1.54) is 95.9 Å². The van der Waals surface area contributed by atoms with Crippen molar-refractivity contribution < 1.29 is 5.11 Å². The molecule has 1 N–H and O–H groups in total. The Labute approximate surface area is 165 Å². The van der Waals surface area contributed by atoms with Gasteiger partial charge in [0.2, 0.25) is 0 Å². The third-order valence-corrected chi connectivity index (χ3v) is 13.9. The molecule has 4 heteroatoms. The highest BCUT2D eigenvalue weighted by atomic mass is 32.1. The van der Waals surface area contributed by atoms with Crippen molar-refractivity contribution in [3.8, 4) is 0 Å². The number of rotatable bonds is 5. The lowest BCUT2D eigenvalue weighted by Crippen LogP contribution is -2.46. The first-order valence-corrected chi connectivity index (χ1v) is 13.2. The minimum Gasteiger partial charge on any atom is -0.393 e. The summed E-state index contributed by atoms with van der Waals surface area (Å²) in [5, 5.41) is 11.0. The van der Waals surface area contributed by atoms with Gasteiger partial charge in [-0.3, -0.25) is 0 Å². The third kappa shape index (κ3) is 5.44. The zero-order valence-electron chi connectivity index (χ0n) is 15.9. The second kappa shape index (κ2) is 10.9. The predicted octanol–water partition coefficient (Wildman–Crippen LogP) is 6.51. The quantitative estimate of drug-likeness (QED) is 0.530. The summed E-state index contributed by atoms with van der Waals surface area (Å²) in [6.07, 6.45) is 20.2. The van der Waals surface area contributed by atoms with Crippen LogP contribution in [0.5, 0.6) is 0 Å². The lowest BCUT2D eigenvalue weighted by Gasteiger charge is -2.47. The molecule has 0 spiro atoms. The third-order valence-electron chi connectivity index (χ3n) is 7.67. The first kappa shape index (κ1) is 22.9. The Morgan fingerprint density at radius 1 is 0.708 bits per heavy atom. The van der Waals surface area contributed by atoms with Crippen LogP contribution in [-0.4, -0.2) is 19.3 Å². The molecule has 1 nitrogen and oxygen atoms in total. The fourth-order valence-corrected chi connectivity index (χ4v) is 12.2. The van der Waals surface area contributed by atoms with E-state index in [2.05, 4.69) is 6.55 Å². The summed E-state index contributed by atoms with van der Waals surface area (Å²) in [6.45, 7) is 2.72. The van der Waals surface area contributed by atoms with E-state index in [1.807, 2.05) is 0 Å². The SMILES string of the molecule is C[Si](C[C@@H](O)C1CCCC1)(C1CCCCC1)C1CCCCC1.S.S. The molecule has 0 radical (unpaired) electrons. The Morgan fingerprint density at radius 3 is 1.50 bits per heavy atom. The monoisotopic (exact) mass is 390 g/mol. The molecule has 0 aromatic rings. The van der Waals surface area contributed by atoms with Crippen LogP contribution >= 0.6 is 27.0 Å². The average Bonchev–Trinajstić information content (AvgIpc) is 3.11. The summed E-state index contributed by atoms with van der Waals surface area (Å²) in [7, 11) is -1.33. The van der Waals surface area contributed by atoms with Crippen molar-refractivity contribution in [2.75, 3.05) is 0 Å². The summed E-state index contributed by atoms with van der Waals surface area (Å²) in [5.74, 6) is 0.652. The summed E-state index contributed by atoms with van der Waals surface area (Å²) >= 11 is 0. The van der Waals surface area contributed by atoms with Crippen LogP contribution in [0, 0.1) is 5.92 Å². The molecule has 3 fully saturated rings. The molecule has 0 unspecified atom stereocenters. The highest BCUT2D eigenvalue weighted by molar-refractivity contribution is 7.59. The molecule has 0 aromatic carbocycles. The maximum Gasteiger partial charge on any atom is 0.0592 e. The van der Waals surface area contributed by atoms with Gasteiger partial charge in [-0.25, -0.2) is 0 Å². The molecule has 3 aliphatic carbocycles. The summed E-state index contributed by atoms with van der Waals surface area (Å²) < 4.78 is 0. The Bertz CT molecular complexity index is 317. The fraction of sp³-hybridized carbons (Fsp3) is 1.00. The van der Waals surface area contributed by atoms with Gasteiger partial charge < -0.3 is 5.11 Å². The first-order chi connectivity index (χ1) is 10.7. The van der Waals surface area contributed by atoms with Crippen LogP contribution in [-0.2, 0) is 0 Å². The van der Waals surface area contributed by atoms with Crippen molar-refractivity contribution >= 4 is 35.1 Å². The van der Waals surface area contributed by atoms with E-state index in [0.29, 0.717) is 5.92 Å². The predicted molar refractivity (Wildman–Crippen MR) is 119 cm³/mol. The molecule has 0 heterocycles. The molecule has 0 amide bonds. The van der Waals surface area contributed by atoms with Gasteiger partial charge in [0.1, 0.15) is 0 Å². The maximum absolute atomic E-state index is 11.0. The van der Waals surface area contributed by atoms with Gasteiger partial charge in [0.05, 0.1) is 14.2 Å². The van der Waals surface area contributed by atoms with E-state index in [0.717, 1.165) is 11.1 Å². The normalized spacial score (nSPS) is 25.8. The smallest absolute Gasteiger partial charge is 0.0592 e. The van der Waals surface area contributed by atoms with Crippen molar-refractivity contribution in [1.82, 2.24) is 0 Å². The zero-order chi connectivity index (χ0) is 15.4. The molecule has 0 aliphatic heterocycles. The number of hydrogen-bond donors (Lipinski definition) is 1. The van der Waals surface area contributed by atoms with E-state index in [9.17, 15) is 5.11 Å². The molecular weight excluding hydrogens is 348 g/mol. The van der Waals surface area contributed by atoms with Crippen molar-refractivity contribution in [2.24, 2.45) is 5.92 Å². The fourth-order valence-electron chi connectivity index (χ4n) is 6.15. The highest BCUT2D eigenvalue weighted by Crippen LogP contribution is 2.51. The first-order valence-electron chi connectivity index (χ1n) is 10.4. The van der Waals surface area contributed by atoms with Crippen molar-refractivity contribution in [3.63, 3.8) is 0 Å². The second-order valence-corrected chi connectivity index (χ2v) is 14.0. The van der Waals surface area contributed by atoms with Crippen LogP contribution in [0.2, 0.25) is 23.7 Å². The van der Waals surface area contributed by atoms with E-state index in [4.69, 9.17) is 0 Å². The zero-order valence-corrected chi connectivity index (χ0v) is 18.9. The van der Waals surface area contributed by atoms with Gasteiger partial charge in [0.15, 0.2) is 0 Å². The molecule has 3 aliphatic rings. The second-order valence-electron chi connectivity index (χ2n) is 8.99. The molecule has 0 saturated heterocycles. The van der Waals surface area contributed by atoms with Crippen molar-refractivity contribution in [2.45, 2.75) is 120 Å². The minimum absolute atomic E-state index is 0. The molecule has 3 rings (SSSR count). The lowest BCUT2D eigenvalue weighted by molar-refractivity contribution is 0.126. The topological polar surface area (TPSA) is 20.2 Å². The number of aliphatic hydroxyl groups excluding tert-OH is 1. The molecule has 144 valence electrons. The van der Waals surface area contributed by atoms with Gasteiger partial charge in [-0.15, -0.1) is 0 Å². The van der Waals surface area contributed by atoms with Crippen molar-refractivity contribution in [3.05, 3.63) is 0 Å². The molecule has 24 heavy (non-hydrogen) atoms. The Balaban J connectivity index is 0.00000144. The van der Waals surface area contributed by atoms with Crippen LogP contribution in [0.15, 0.2) is 0 Å². The Kier molecular flexibility index (Phi) is 10.4. The average molecular weight is 391 g/mol. The van der Waals surface area contributed by atoms with Gasteiger partial charge in [-0.1, -0.05) is 83.6 Å². The minimum atomic E-state index is -1.33. The van der Waals surface area contributed by atoms with Gasteiger partial charge in [0.25, 0.3) is 0 Å². The van der Waals surface area contributed by atoms with Crippen molar-refractivity contribution in [1.29, 1.82) is 0 Å². The van der Waals surface area contributed by atoms with Gasteiger partial charge >= 0.3 is 0 Å². The summed E-state index contributed by atoms with van der Waals surface area (Å²) in [6, 6.07) is 1.24. The molecule has 1 atom stereocenters. The molecule has 3 saturated carbocycles. The molecule has 0 aromatic heterocycles. The standard InChI is InChI=1S/C20H38OSi.2H2S/c1-22(18-12-4-2-5-13-18,19-14-6-3-7-15-19)16-20(21)17-10-8-9-11-17;;/h17-21H,2-16H2,1H3;2*1H2/t20-;;/m1../s1. The van der Waals surface area contributed by atoms with Crippen LogP contribution in [0.4, 0.5) is 0 Å². The number of aliphatic hydroxyl groups is 1. The Morgan fingerprint density at radius 2 is 1.08 bits per heavy atom. The molecule has 0 bridgehead atoms. The van der Waals surface area contributed by atoms with Crippen LogP contribution < -0.4 is 0 Å². The maximum atomic E-state index is 11.0. The molecular formula is C20H42OS2Si. The van der Waals surface area contributed by atoms with Gasteiger partial charge in [0, 0.05) is 0 Å².